The molecule has 98 valence electrons. The molecule has 18 heavy (non-hydrogen) atoms. The Morgan fingerprint density at radius 3 is 2.72 bits per heavy atom. The zero-order valence-corrected chi connectivity index (χ0v) is 12.1. The molecule has 1 aliphatic rings. The third-order valence-electron chi connectivity index (χ3n) is 3.33. The van der Waals surface area contributed by atoms with Gasteiger partial charge in [0.05, 0.1) is 12.3 Å². The number of hydrogen-bond acceptors (Lipinski definition) is 3. The second-order valence-electron chi connectivity index (χ2n) is 4.65. The SMILES string of the molecule is CC1CN(C)C(CO)C(=O)N1c1ccccc1Br. The third kappa shape index (κ3) is 2.30. The minimum atomic E-state index is -0.451. The van der Waals surface area contributed by atoms with Crippen molar-refractivity contribution in [1.29, 1.82) is 0 Å². The first-order valence-electron chi connectivity index (χ1n) is 5.95. The Morgan fingerprint density at radius 2 is 2.11 bits per heavy atom. The number of carbonyl (C=O) groups excluding carboxylic acids is 1. The molecule has 1 aromatic carbocycles. The van der Waals surface area contributed by atoms with Crippen LogP contribution in [-0.2, 0) is 4.79 Å². The summed E-state index contributed by atoms with van der Waals surface area (Å²) >= 11 is 3.47. The lowest BCUT2D eigenvalue weighted by Gasteiger charge is -2.42. The molecule has 1 aliphatic heterocycles. The fraction of sp³-hybridized carbons (Fsp3) is 0.462. The number of nitrogens with zero attached hydrogens (tertiary/aromatic N) is 2. The van der Waals surface area contributed by atoms with E-state index in [1.807, 2.05) is 43.1 Å². The maximum atomic E-state index is 12.4. The quantitative estimate of drug-likeness (QED) is 0.899. The first-order valence-corrected chi connectivity index (χ1v) is 6.74. The Kier molecular flexibility index (Phi) is 4.04. The van der Waals surface area contributed by atoms with Crippen LogP contribution in [0.2, 0.25) is 0 Å². The van der Waals surface area contributed by atoms with E-state index >= 15 is 0 Å². The van der Waals surface area contributed by atoms with E-state index in [0.717, 1.165) is 16.7 Å². The Hall–Kier alpha value is -0.910. The molecule has 2 unspecified atom stereocenters. The van der Waals surface area contributed by atoms with E-state index in [0.29, 0.717) is 0 Å². The summed E-state index contributed by atoms with van der Waals surface area (Å²) in [7, 11) is 1.87. The summed E-state index contributed by atoms with van der Waals surface area (Å²) in [5.74, 6) is -0.0503. The largest absolute Gasteiger partial charge is 0.394 e. The van der Waals surface area contributed by atoms with Gasteiger partial charge in [0, 0.05) is 17.1 Å². The van der Waals surface area contributed by atoms with Crippen LogP contribution in [0.4, 0.5) is 5.69 Å². The van der Waals surface area contributed by atoms with E-state index in [2.05, 4.69) is 15.9 Å². The summed E-state index contributed by atoms with van der Waals surface area (Å²) in [5, 5.41) is 9.35. The molecule has 0 radical (unpaired) electrons. The van der Waals surface area contributed by atoms with Crippen LogP contribution in [0.5, 0.6) is 0 Å². The van der Waals surface area contributed by atoms with Crippen LogP contribution in [0.3, 0.4) is 0 Å². The highest BCUT2D eigenvalue weighted by atomic mass is 79.9. The fourth-order valence-corrected chi connectivity index (χ4v) is 2.89. The topological polar surface area (TPSA) is 43.8 Å². The zero-order chi connectivity index (χ0) is 13.3. The number of amides is 1. The Labute approximate surface area is 115 Å². The molecule has 1 heterocycles. The van der Waals surface area contributed by atoms with Gasteiger partial charge in [-0.05, 0) is 42.0 Å². The minimum absolute atomic E-state index is 0.0503. The maximum Gasteiger partial charge on any atom is 0.247 e. The first-order chi connectivity index (χ1) is 8.56. The van der Waals surface area contributed by atoms with E-state index in [9.17, 15) is 9.90 Å². The first kappa shape index (κ1) is 13.5. The van der Waals surface area contributed by atoms with Crippen molar-refractivity contribution in [2.75, 3.05) is 25.1 Å². The van der Waals surface area contributed by atoms with E-state index in [-0.39, 0.29) is 18.6 Å². The van der Waals surface area contributed by atoms with E-state index < -0.39 is 6.04 Å². The minimum Gasteiger partial charge on any atom is -0.394 e. The van der Waals surface area contributed by atoms with Gasteiger partial charge in [0.25, 0.3) is 0 Å². The standard InChI is InChI=1S/C13H17BrN2O2/c1-9-7-15(2)12(8-17)13(18)16(9)11-6-4-3-5-10(11)14/h3-6,9,12,17H,7-8H2,1-2H3. The normalized spacial score (nSPS) is 25.6. The maximum absolute atomic E-state index is 12.4. The second-order valence-corrected chi connectivity index (χ2v) is 5.50. The second kappa shape index (κ2) is 5.38. The van der Waals surface area contributed by atoms with Gasteiger partial charge in [0.2, 0.25) is 5.91 Å². The third-order valence-corrected chi connectivity index (χ3v) is 4.00. The van der Waals surface area contributed by atoms with Crippen LogP contribution in [0, 0.1) is 0 Å². The van der Waals surface area contributed by atoms with Gasteiger partial charge in [-0.25, -0.2) is 0 Å². The molecule has 1 saturated heterocycles. The van der Waals surface area contributed by atoms with Crippen LogP contribution in [0.15, 0.2) is 28.7 Å². The van der Waals surface area contributed by atoms with Gasteiger partial charge in [0.15, 0.2) is 0 Å². The van der Waals surface area contributed by atoms with E-state index in [1.165, 1.54) is 0 Å². The molecule has 0 saturated carbocycles. The van der Waals surface area contributed by atoms with Gasteiger partial charge in [-0.15, -0.1) is 0 Å². The van der Waals surface area contributed by atoms with Crippen molar-refractivity contribution in [3.63, 3.8) is 0 Å². The van der Waals surface area contributed by atoms with Gasteiger partial charge < -0.3 is 10.0 Å². The lowest BCUT2D eigenvalue weighted by molar-refractivity contribution is -0.127. The number of likely N-dealkylation sites (N-methyl/N-ethyl adjacent to an activating group) is 1. The number of aliphatic hydroxyl groups is 1. The molecular formula is C13H17BrN2O2. The number of piperazine rings is 1. The van der Waals surface area contributed by atoms with Gasteiger partial charge >= 0.3 is 0 Å². The molecule has 1 N–H and O–H groups in total. The zero-order valence-electron chi connectivity index (χ0n) is 10.5. The highest BCUT2D eigenvalue weighted by Gasteiger charge is 2.37. The van der Waals surface area contributed by atoms with E-state index in [1.54, 1.807) is 4.90 Å². The summed E-state index contributed by atoms with van der Waals surface area (Å²) in [6.45, 7) is 2.61. The number of anilines is 1. The molecular weight excluding hydrogens is 296 g/mol. The Morgan fingerprint density at radius 1 is 1.44 bits per heavy atom. The van der Waals surface area contributed by atoms with Gasteiger partial charge in [-0.3, -0.25) is 9.69 Å². The van der Waals surface area contributed by atoms with Crippen molar-refractivity contribution in [2.24, 2.45) is 0 Å². The van der Waals surface area contributed by atoms with Crippen molar-refractivity contribution in [3.8, 4) is 0 Å². The van der Waals surface area contributed by atoms with Gasteiger partial charge in [-0.2, -0.15) is 0 Å². The van der Waals surface area contributed by atoms with Gasteiger partial charge in [0.1, 0.15) is 6.04 Å². The molecule has 1 fully saturated rings. The molecule has 2 atom stereocenters. The van der Waals surface area contributed by atoms with Crippen molar-refractivity contribution >= 4 is 27.5 Å². The molecule has 0 bridgehead atoms. The molecule has 1 amide bonds. The lowest BCUT2D eigenvalue weighted by atomic mass is 10.1. The van der Waals surface area contributed by atoms with Crippen LogP contribution >= 0.6 is 15.9 Å². The molecule has 0 aromatic heterocycles. The molecule has 5 heteroatoms. The average molecular weight is 313 g/mol. The van der Waals surface area contributed by atoms with Crippen LogP contribution in [-0.4, -0.2) is 48.2 Å². The number of benzene rings is 1. The smallest absolute Gasteiger partial charge is 0.247 e. The number of halogens is 1. The average Bonchev–Trinajstić information content (AvgIpc) is 2.31. The van der Waals surface area contributed by atoms with Crippen molar-refractivity contribution in [3.05, 3.63) is 28.7 Å². The molecule has 0 spiro atoms. The predicted octanol–water partition coefficient (Wildman–Crippen LogP) is 1.48. The van der Waals surface area contributed by atoms with Crippen molar-refractivity contribution in [1.82, 2.24) is 4.90 Å². The predicted molar refractivity (Wildman–Crippen MR) is 74.6 cm³/mol. The number of hydrogen-bond donors (Lipinski definition) is 1. The van der Waals surface area contributed by atoms with Crippen molar-refractivity contribution < 1.29 is 9.90 Å². The number of rotatable bonds is 2. The van der Waals surface area contributed by atoms with Crippen molar-refractivity contribution in [2.45, 2.75) is 19.0 Å². The lowest BCUT2D eigenvalue weighted by Crippen LogP contribution is -2.61. The summed E-state index contributed by atoms with van der Waals surface area (Å²) in [5.41, 5.74) is 0.863. The number of para-hydroxylation sites is 1. The number of aliphatic hydroxyl groups excluding tert-OH is 1. The highest BCUT2D eigenvalue weighted by Crippen LogP contribution is 2.30. The highest BCUT2D eigenvalue weighted by molar-refractivity contribution is 9.10. The summed E-state index contributed by atoms with van der Waals surface area (Å²) in [4.78, 5) is 16.1. The summed E-state index contributed by atoms with van der Waals surface area (Å²) < 4.78 is 0.895. The molecule has 1 aromatic rings. The van der Waals surface area contributed by atoms with Crippen LogP contribution in [0.25, 0.3) is 0 Å². The Bertz CT molecular complexity index is 452. The summed E-state index contributed by atoms with van der Waals surface area (Å²) in [6.07, 6.45) is 0. The monoisotopic (exact) mass is 312 g/mol. The molecule has 2 rings (SSSR count). The van der Waals surface area contributed by atoms with E-state index in [4.69, 9.17) is 0 Å². The Balaban J connectivity index is 2.37. The van der Waals surface area contributed by atoms with Crippen LogP contribution in [0.1, 0.15) is 6.92 Å². The van der Waals surface area contributed by atoms with Gasteiger partial charge in [-0.1, -0.05) is 12.1 Å². The number of carbonyl (C=O) groups is 1. The molecule has 4 nitrogen and oxygen atoms in total. The fourth-order valence-electron chi connectivity index (χ4n) is 2.41. The summed E-state index contributed by atoms with van der Waals surface area (Å²) in [6, 6.07) is 7.30. The molecule has 0 aliphatic carbocycles. The van der Waals surface area contributed by atoms with Crippen LogP contribution < -0.4 is 4.90 Å².